The maximum Gasteiger partial charge on any atom is 0.151 e. The highest BCUT2D eigenvalue weighted by molar-refractivity contribution is 6.29. The van der Waals surface area contributed by atoms with E-state index in [2.05, 4.69) is 10.2 Å². The number of aromatic nitrogens is 2. The maximum atomic E-state index is 9.17. The Kier molecular flexibility index (Phi) is 3.07. The van der Waals surface area contributed by atoms with Crippen molar-refractivity contribution >= 4 is 17.4 Å². The largest absolute Gasteiger partial charge is 0.393 e. The van der Waals surface area contributed by atoms with Gasteiger partial charge in [0.25, 0.3) is 0 Å². The van der Waals surface area contributed by atoms with Crippen LogP contribution >= 0.6 is 11.6 Å². The minimum Gasteiger partial charge on any atom is -0.393 e. The Bertz CT molecular complexity index is 324. The highest BCUT2D eigenvalue weighted by Gasteiger charge is 2.28. The molecule has 1 N–H and O–H groups in total. The Balaban J connectivity index is 1.90. The lowest BCUT2D eigenvalue weighted by Gasteiger charge is -2.34. The number of rotatable bonds is 3. The molecule has 1 aliphatic carbocycles. The quantitative estimate of drug-likeness (QED) is 0.847. The second-order valence-electron chi connectivity index (χ2n) is 4.09. The number of halogens is 1. The Morgan fingerprint density at radius 2 is 2.20 bits per heavy atom. The van der Waals surface area contributed by atoms with Crippen molar-refractivity contribution in [2.24, 2.45) is 5.92 Å². The lowest BCUT2D eigenvalue weighted by atomic mass is 9.82. The summed E-state index contributed by atoms with van der Waals surface area (Å²) in [5, 5.41) is 17.4. The molecule has 0 unspecified atom stereocenters. The van der Waals surface area contributed by atoms with Crippen molar-refractivity contribution in [1.29, 1.82) is 0 Å². The van der Waals surface area contributed by atoms with Gasteiger partial charge in [-0.15, -0.1) is 10.2 Å². The van der Waals surface area contributed by atoms with Crippen molar-refractivity contribution in [2.75, 3.05) is 18.5 Å². The van der Waals surface area contributed by atoms with E-state index in [1.165, 1.54) is 0 Å². The van der Waals surface area contributed by atoms with Gasteiger partial charge in [0.1, 0.15) is 0 Å². The molecule has 1 aliphatic rings. The van der Waals surface area contributed by atoms with Crippen LogP contribution in [0, 0.1) is 5.92 Å². The van der Waals surface area contributed by atoms with Gasteiger partial charge >= 0.3 is 0 Å². The molecule has 0 amide bonds. The van der Waals surface area contributed by atoms with E-state index in [0.29, 0.717) is 11.1 Å². The summed E-state index contributed by atoms with van der Waals surface area (Å²) in [5.74, 6) is 1.39. The second-order valence-corrected chi connectivity index (χ2v) is 4.47. The van der Waals surface area contributed by atoms with Crippen molar-refractivity contribution < 1.29 is 5.11 Å². The molecule has 1 saturated carbocycles. The molecule has 4 nitrogen and oxygen atoms in total. The van der Waals surface area contributed by atoms with Crippen molar-refractivity contribution in [3.8, 4) is 0 Å². The van der Waals surface area contributed by atoms with Crippen LogP contribution in [0.2, 0.25) is 5.15 Å². The molecule has 82 valence electrons. The predicted octanol–water partition coefficient (Wildman–Crippen LogP) is 1.34. The average molecular weight is 228 g/mol. The highest BCUT2D eigenvalue weighted by Crippen LogP contribution is 2.28. The molecule has 0 saturated heterocycles. The zero-order valence-corrected chi connectivity index (χ0v) is 9.35. The van der Waals surface area contributed by atoms with Crippen LogP contribution < -0.4 is 4.90 Å². The van der Waals surface area contributed by atoms with Crippen molar-refractivity contribution in [1.82, 2.24) is 10.2 Å². The number of aliphatic hydroxyl groups excluding tert-OH is 1. The number of anilines is 1. The molecule has 0 aliphatic heterocycles. The minimum absolute atomic E-state index is 0.0975. The maximum absolute atomic E-state index is 9.17. The highest BCUT2D eigenvalue weighted by atomic mass is 35.5. The van der Waals surface area contributed by atoms with Crippen LogP contribution in [0.25, 0.3) is 0 Å². The third-order valence-corrected chi connectivity index (χ3v) is 2.95. The lowest BCUT2D eigenvalue weighted by molar-refractivity contribution is 0.0464. The molecule has 1 aromatic heterocycles. The third-order valence-electron chi connectivity index (χ3n) is 2.75. The van der Waals surface area contributed by atoms with Crippen LogP contribution in [0.1, 0.15) is 12.8 Å². The molecular weight excluding hydrogens is 214 g/mol. The number of aliphatic hydroxyl groups is 1. The van der Waals surface area contributed by atoms with E-state index in [4.69, 9.17) is 11.6 Å². The molecule has 2 rings (SSSR count). The Labute approximate surface area is 93.9 Å². The SMILES string of the molecule is CN(CC1CC(O)C1)c1ccc(Cl)nn1. The van der Waals surface area contributed by atoms with Gasteiger partial charge in [-0.3, -0.25) is 0 Å². The summed E-state index contributed by atoms with van der Waals surface area (Å²) in [4.78, 5) is 2.04. The first-order valence-electron chi connectivity index (χ1n) is 5.03. The van der Waals surface area contributed by atoms with Crippen molar-refractivity contribution in [2.45, 2.75) is 18.9 Å². The van der Waals surface area contributed by atoms with Gasteiger partial charge in [-0.25, -0.2) is 0 Å². The Morgan fingerprint density at radius 3 is 2.73 bits per heavy atom. The molecule has 0 aromatic carbocycles. The van der Waals surface area contributed by atoms with Crippen molar-refractivity contribution in [3.05, 3.63) is 17.3 Å². The zero-order chi connectivity index (χ0) is 10.8. The fourth-order valence-electron chi connectivity index (χ4n) is 1.84. The molecule has 0 atom stereocenters. The van der Waals surface area contributed by atoms with Crippen molar-refractivity contribution in [3.63, 3.8) is 0 Å². The molecule has 1 heterocycles. The predicted molar refractivity (Wildman–Crippen MR) is 59.0 cm³/mol. The van der Waals surface area contributed by atoms with Gasteiger partial charge in [0.15, 0.2) is 11.0 Å². The smallest absolute Gasteiger partial charge is 0.151 e. The Morgan fingerprint density at radius 1 is 1.47 bits per heavy atom. The van der Waals surface area contributed by atoms with Crippen LogP contribution in [0.4, 0.5) is 5.82 Å². The van der Waals surface area contributed by atoms with E-state index < -0.39 is 0 Å². The van der Waals surface area contributed by atoms with Gasteiger partial charge in [0, 0.05) is 13.6 Å². The summed E-state index contributed by atoms with van der Waals surface area (Å²) in [6.07, 6.45) is 1.69. The van der Waals surface area contributed by atoms with Crippen LogP contribution in [0.15, 0.2) is 12.1 Å². The monoisotopic (exact) mass is 227 g/mol. The zero-order valence-electron chi connectivity index (χ0n) is 8.60. The summed E-state index contributed by atoms with van der Waals surface area (Å²) in [6, 6.07) is 3.58. The first kappa shape index (κ1) is 10.6. The summed E-state index contributed by atoms with van der Waals surface area (Å²) < 4.78 is 0. The standard InChI is InChI=1S/C10H14ClN3O/c1-14(6-7-4-8(15)5-7)10-3-2-9(11)12-13-10/h2-3,7-8,15H,4-6H2,1H3. The molecule has 0 bridgehead atoms. The van der Waals surface area contributed by atoms with E-state index in [1.54, 1.807) is 6.07 Å². The average Bonchev–Trinajstić information content (AvgIpc) is 2.16. The Hall–Kier alpha value is -0.870. The van der Waals surface area contributed by atoms with Gasteiger partial charge < -0.3 is 10.0 Å². The van der Waals surface area contributed by atoms with E-state index in [0.717, 1.165) is 25.2 Å². The topological polar surface area (TPSA) is 49.2 Å². The van der Waals surface area contributed by atoms with Gasteiger partial charge in [-0.1, -0.05) is 11.6 Å². The molecule has 15 heavy (non-hydrogen) atoms. The van der Waals surface area contributed by atoms with Crippen LogP contribution in [0.3, 0.4) is 0 Å². The molecular formula is C10H14ClN3O. The summed E-state index contributed by atoms with van der Waals surface area (Å²) >= 11 is 5.65. The molecule has 1 fully saturated rings. The molecule has 0 spiro atoms. The third kappa shape index (κ3) is 2.58. The van der Waals surface area contributed by atoms with Gasteiger partial charge in [-0.2, -0.15) is 0 Å². The van der Waals surface area contributed by atoms with Crippen LogP contribution in [-0.2, 0) is 0 Å². The first-order chi connectivity index (χ1) is 7.15. The van der Waals surface area contributed by atoms with Gasteiger partial charge in [0.05, 0.1) is 6.10 Å². The molecule has 1 aromatic rings. The number of hydrogen-bond acceptors (Lipinski definition) is 4. The minimum atomic E-state index is -0.0975. The fraction of sp³-hybridized carbons (Fsp3) is 0.600. The summed E-state index contributed by atoms with van der Waals surface area (Å²) in [6.45, 7) is 0.910. The summed E-state index contributed by atoms with van der Waals surface area (Å²) in [5.41, 5.74) is 0. The second kappa shape index (κ2) is 4.33. The first-order valence-corrected chi connectivity index (χ1v) is 5.41. The van der Waals surface area contributed by atoms with Crippen LogP contribution in [-0.4, -0.2) is 35.0 Å². The van der Waals surface area contributed by atoms with Gasteiger partial charge in [0.2, 0.25) is 0 Å². The fourth-order valence-corrected chi connectivity index (χ4v) is 1.94. The molecule has 5 heteroatoms. The van der Waals surface area contributed by atoms with E-state index in [9.17, 15) is 5.11 Å². The van der Waals surface area contributed by atoms with Gasteiger partial charge in [-0.05, 0) is 30.9 Å². The number of hydrogen-bond donors (Lipinski definition) is 1. The van der Waals surface area contributed by atoms with Crippen LogP contribution in [0.5, 0.6) is 0 Å². The van der Waals surface area contributed by atoms with E-state index >= 15 is 0 Å². The van der Waals surface area contributed by atoms with E-state index in [-0.39, 0.29) is 6.10 Å². The lowest BCUT2D eigenvalue weighted by Crippen LogP contribution is -2.37. The number of nitrogens with zero attached hydrogens (tertiary/aromatic N) is 3. The summed E-state index contributed by atoms with van der Waals surface area (Å²) in [7, 11) is 1.97. The normalized spacial score (nSPS) is 24.7. The van der Waals surface area contributed by atoms with E-state index in [1.807, 2.05) is 18.0 Å². The molecule has 0 radical (unpaired) electrons.